The zero-order chi connectivity index (χ0) is 26.3. The molecule has 2 atom stereocenters. The van der Waals surface area contributed by atoms with Crippen LogP contribution in [0.4, 0.5) is 11.4 Å². The summed E-state index contributed by atoms with van der Waals surface area (Å²) in [6.07, 6.45) is 2.85. The molecule has 0 aliphatic carbocycles. The Morgan fingerprint density at radius 2 is 1.89 bits per heavy atom. The molecule has 1 aliphatic heterocycles. The van der Waals surface area contributed by atoms with E-state index in [4.69, 9.17) is 39.8 Å². The first-order valence-electron chi connectivity index (χ1n) is 11.3. The lowest BCUT2D eigenvalue weighted by Crippen LogP contribution is -2.29. The molecule has 1 saturated heterocycles. The highest BCUT2D eigenvalue weighted by Gasteiger charge is 2.42. The summed E-state index contributed by atoms with van der Waals surface area (Å²) in [5, 5.41) is 4.72. The third-order valence-electron chi connectivity index (χ3n) is 6.02. The number of aryl methyl sites for hydroxylation is 1. The first kappa shape index (κ1) is 25.5. The summed E-state index contributed by atoms with van der Waals surface area (Å²) in [6, 6.07) is 19.6. The molecule has 0 radical (unpaired) electrons. The number of nitrogens with zero attached hydrogens (tertiary/aromatic N) is 2. The van der Waals surface area contributed by atoms with Gasteiger partial charge < -0.3 is 14.6 Å². The van der Waals surface area contributed by atoms with E-state index in [0.29, 0.717) is 37.9 Å². The summed E-state index contributed by atoms with van der Waals surface area (Å²) in [4.78, 5) is 6.51. The maximum absolute atomic E-state index is 11.8. The molecule has 4 aromatic rings. The second-order valence-corrected chi connectivity index (χ2v) is 11.6. The van der Waals surface area contributed by atoms with Gasteiger partial charge in [0.05, 0.1) is 33.7 Å². The fourth-order valence-electron chi connectivity index (χ4n) is 4.38. The first-order valence-corrected chi connectivity index (χ1v) is 14.3. The number of sulfonamides is 1. The molecule has 5 rings (SSSR count). The van der Waals surface area contributed by atoms with Crippen molar-refractivity contribution >= 4 is 61.9 Å². The highest BCUT2D eigenvalue weighted by Crippen LogP contribution is 2.44. The molecule has 0 unspecified atom stereocenters. The molecule has 2 aromatic heterocycles. The molecule has 7 nitrogen and oxygen atoms in total. The minimum atomic E-state index is -3.42. The van der Waals surface area contributed by atoms with Crippen molar-refractivity contribution in [1.82, 2.24) is 10.3 Å². The zero-order valence-electron chi connectivity index (χ0n) is 19.8. The summed E-state index contributed by atoms with van der Waals surface area (Å²) < 4.78 is 32.4. The Hall–Kier alpha value is -3.11. The fraction of sp³-hybridized carbons (Fsp3) is 0.154. The van der Waals surface area contributed by atoms with Gasteiger partial charge in [0.1, 0.15) is 17.6 Å². The van der Waals surface area contributed by atoms with Gasteiger partial charge in [0.2, 0.25) is 10.0 Å². The molecule has 2 aromatic carbocycles. The molecule has 0 bridgehead atoms. The monoisotopic (exact) mass is 572 g/mol. The number of benzene rings is 2. The van der Waals surface area contributed by atoms with Crippen molar-refractivity contribution in [3.05, 3.63) is 100.0 Å². The number of hydrogen-bond donors (Lipinski definition) is 2. The Morgan fingerprint density at radius 1 is 1.08 bits per heavy atom. The molecule has 1 aliphatic rings. The molecular formula is C26H22Cl2N4O3S2. The van der Waals surface area contributed by atoms with Gasteiger partial charge >= 0.3 is 0 Å². The minimum Gasteiger partial charge on any atom is -0.459 e. The number of rotatable bonds is 6. The molecule has 190 valence electrons. The number of hydrogen-bond acceptors (Lipinski definition) is 5. The predicted molar refractivity (Wildman–Crippen MR) is 152 cm³/mol. The van der Waals surface area contributed by atoms with E-state index >= 15 is 0 Å². The van der Waals surface area contributed by atoms with Gasteiger partial charge in [-0.05, 0) is 79.3 Å². The average Bonchev–Trinajstić information content (AvgIpc) is 3.46. The molecule has 2 N–H and O–H groups in total. The Labute approximate surface area is 230 Å². The highest BCUT2D eigenvalue weighted by molar-refractivity contribution is 7.92. The average molecular weight is 574 g/mol. The normalized spacial score (nSPS) is 17.6. The number of furan rings is 1. The van der Waals surface area contributed by atoms with Gasteiger partial charge in [0.25, 0.3) is 0 Å². The van der Waals surface area contributed by atoms with Gasteiger partial charge in [-0.1, -0.05) is 35.3 Å². The van der Waals surface area contributed by atoms with Crippen LogP contribution >= 0.6 is 35.4 Å². The van der Waals surface area contributed by atoms with Gasteiger partial charge in [-0.25, -0.2) is 8.42 Å². The zero-order valence-corrected chi connectivity index (χ0v) is 22.9. The largest absolute Gasteiger partial charge is 0.459 e. The van der Waals surface area contributed by atoms with Crippen LogP contribution in [0.1, 0.15) is 29.1 Å². The number of anilines is 2. The summed E-state index contributed by atoms with van der Waals surface area (Å²) in [5.41, 5.74) is 3.50. The van der Waals surface area contributed by atoms with Crippen LogP contribution in [0.5, 0.6) is 0 Å². The van der Waals surface area contributed by atoms with Gasteiger partial charge in [-0.3, -0.25) is 9.71 Å². The third kappa shape index (κ3) is 5.17. The Morgan fingerprint density at radius 3 is 2.59 bits per heavy atom. The Bertz CT molecular complexity index is 1590. The van der Waals surface area contributed by atoms with E-state index in [2.05, 4.69) is 15.0 Å². The molecular weight excluding hydrogens is 551 g/mol. The molecule has 3 heterocycles. The van der Waals surface area contributed by atoms with Crippen LogP contribution in [0.2, 0.25) is 10.0 Å². The van der Waals surface area contributed by atoms with E-state index in [1.807, 2.05) is 66.4 Å². The molecule has 0 spiro atoms. The highest BCUT2D eigenvalue weighted by atomic mass is 35.5. The van der Waals surface area contributed by atoms with Crippen molar-refractivity contribution in [2.75, 3.05) is 15.9 Å². The van der Waals surface area contributed by atoms with Gasteiger partial charge in [-0.2, -0.15) is 0 Å². The quantitative estimate of drug-likeness (QED) is 0.255. The van der Waals surface area contributed by atoms with Crippen LogP contribution in [0.25, 0.3) is 11.3 Å². The van der Waals surface area contributed by atoms with Crippen molar-refractivity contribution in [3.8, 4) is 11.3 Å². The van der Waals surface area contributed by atoms with Crippen LogP contribution in [-0.4, -0.2) is 24.8 Å². The third-order valence-corrected chi connectivity index (χ3v) is 7.74. The number of thiocarbonyl (C=S) groups is 1. The summed E-state index contributed by atoms with van der Waals surface area (Å²) >= 11 is 18.5. The Kier molecular flexibility index (Phi) is 6.89. The molecule has 0 amide bonds. The first-order chi connectivity index (χ1) is 17.6. The maximum atomic E-state index is 11.8. The number of halogens is 2. The van der Waals surface area contributed by atoms with Gasteiger partial charge in [0, 0.05) is 17.4 Å². The van der Waals surface area contributed by atoms with Crippen molar-refractivity contribution in [2.24, 2.45) is 0 Å². The second-order valence-electron chi connectivity index (χ2n) is 8.67. The van der Waals surface area contributed by atoms with Crippen LogP contribution in [0, 0.1) is 6.92 Å². The van der Waals surface area contributed by atoms with Crippen molar-refractivity contribution in [2.45, 2.75) is 19.0 Å². The number of aromatic nitrogens is 1. The maximum Gasteiger partial charge on any atom is 0.229 e. The van der Waals surface area contributed by atoms with E-state index in [1.54, 1.807) is 18.3 Å². The predicted octanol–water partition coefficient (Wildman–Crippen LogP) is 6.51. The smallest absolute Gasteiger partial charge is 0.229 e. The van der Waals surface area contributed by atoms with Gasteiger partial charge in [0.15, 0.2) is 5.11 Å². The van der Waals surface area contributed by atoms with Crippen molar-refractivity contribution in [3.63, 3.8) is 0 Å². The van der Waals surface area contributed by atoms with E-state index in [0.717, 1.165) is 23.2 Å². The lowest BCUT2D eigenvalue weighted by atomic mass is 10.0. The van der Waals surface area contributed by atoms with Crippen molar-refractivity contribution < 1.29 is 12.8 Å². The van der Waals surface area contributed by atoms with Crippen LogP contribution < -0.4 is 14.9 Å². The molecule has 37 heavy (non-hydrogen) atoms. The second kappa shape index (κ2) is 9.98. The fourth-order valence-corrected chi connectivity index (χ4v) is 5.75. The lowest BCUT2D eigenvalue weighted by Gasteiger charge is -2.26. The number of pyridine rings is 1. The molecule has 0 saturated carbocycles. The topological polar surface area (TPSA) is 87.5 Å². The van der Waals surface area contributed by atoms with E-state index in [-0.39, 0.29) is 12.1 Å². The van der Waals surface area contributed by atoms with E-state index in [1.165, 1.54) is 0 Å². The van der Waals surface area contributed by atoms with E-state index in [9.17, 15) is 8.42 Å². The van der Waals surface area contributed by atoms with Crippen LogP contribution in [-0.2, 0) is 10.0 Å². The standard InChI is InChI=1S/C26H22Cl2N4O3S2/c1-15-14-16(9-10-19(15)31-37(2,33)34)32-25(24(30-26(32)36)20-8-3-4-13-29-20)22-12-11-21(35-22)17-6-5-7-18(27)23(17)28/h3-14,24-25,31H,1-2H3,(H,30,36)/t24-,25-/m1/s1. The SMILES string of the molecule is Cc1cc(N2C(=S)N[C@H](c3ccccn3)[C@H]2c2ccc(-c3cccc(Cl)c3Cl)o2)ccc1NS(C)(=O)=O. The lowest BCUT2D eigenvalue weighted by molar-refractivity contribution is 0.439. The van der Waals surface area contributed by atoms with E-state index < -0.39 is 10.0 Å². The summed E-state index contributed by atoms with van der Waals surface area (Å²) in [5.74, 6) is 1.22. The Balaban J connectivity index is 1.59. The number of nitrogens with one attached hydrogen (secondary N) is 2. The molecule has 1 fully saturated rings. The summed E-state index contributed by atoms with van der Waals surface area (Å²) in [7, 11) is -3.42. The van der Waals surface area contributed by atoms with Crippen molar-refractivity contribution in [1.29, 1.82) is 0 Å². The van der Waals surface area contributed by atoms with Crippen LogP contribution in [0.15, 0.2) is 77.3 Å². The molecule has 11 heteroatoms. The van der Waals surface area contributed by atoms with Crippen LogP contribution in [0.3, 0.4) is 0 Å². The van der Waals surface area contributed by atoms with Gasteiger partial charge in [-0.15, -0.1) is 0 Å². The minimum absolute atomic E-state index is 0.309. The summed E-state index contributed by atoms with van der Waals surface area (Å²) in [6.45, 7) is 1.83.